The van der Waals surface area contributed by atoms with E-state index in [0.29, 0.717) is 94.1 Å². The first-order valence-corrected chi connectivity index (χ1v) is 45.1. The Bertz CT molecular complexity index is 5190. The average Bonchev–Trinajstić information content (AvgIpc) is 0.945. The van der Waals surface area contributed by atoms with Crippen LogP contribution in [0.1, 0.15) is 341 Å². The number of hydrogen-bond acceptors (Lipinski definition) is 14. The lowest BCUT2D eigenvalue weighted by atomic mass is 9.85. The smallest absolute Gasteiger partial charge is 0.319 e. The number of carbonyl (C=O) groups excluding carboxylic acids is 8. The molecule has 0 fully saturated rings. The van der Waals surface area contributed by atoms with Crippen molar-refractivity contribution in [1.29, 1.82) is 0 Å². The minimum absolute atomic E-state index is 0.0619. The van der Waals surface area contributed by atoms with Gasteiger partial charge in [-0.2, -0.15) is 0 Å². The van der Waals surface area contributed by atoms with E-state index in [-0.39, 0.29) is 58.6 Å². The minimum atomic E-state index is -0.722. The van der Waals surface area contributed by atoms with Gasteiger partial charge in [-0.1, -0.05) is 228 Å². The Hall–Kier alpha value is -12.5. The summed E-state index contributed by atoms with van der Waals surface area (Å²) in [4.78, 5) is 142. The number of ether oxygens (including phenoxy) is 1. The van der Waals surface area contributed by atoms with Gasteiger partial charge in [-0.3, -0.25) is 67.8 Å². The topological polar surface area (TPSA) is 364 Å². The molecule has 0 radical (unpaired) electrons. The van der Waals surface area contributed by atoms with Gasteiger partial charge in [0, 0.05) is 34.2 Å². The maximum absolute atomic E-state index is 12.6. The molecule has 8 amide bonds. The van der Waals surface area contributed by atoms with Gasteiger partial charge in [-0.25, -0.2) is 9.78 Å². The number of urea groups is 1. The molecule has 9 N–H and O–H groups in total. The molecule has 24 heteroatoms. The van der Waals surface area contributed by atoms with Crippen LogP contribution in [-0.2, 0) is 34.1 Å². The van der Waals surface area contributed by atoms with Crippen LogP contribution >= 0.6 is 0 Å². The van der Waals surface area contributed by atoms with Crippen molar-refractivity contribution in [2.24, 2.45) is 27.1 Å². The molecule has 0 bridgehead atoms. The summed E-state index contributed by atoms with van der Waals surface area (Å²) in [6, 6.07) is 57.1. The Morgan fingerprint density at radius 1 is 0.400 bits per heavy atom. The number of hydrogen-bond donors (Lipinski definition) is 9. The number of aliphatic carboxylic acids is 3. The Kier molecular flexibility index (Phi) is 44.9. The van der Waals surface area contributed by atoms with Gasteiger partial charge in [0.25, 0.3) is 35.1 Å². The van der Waals surface area contributed by atoms with Crippen LogP contribution < -0.4 is 37.5 Å². The molecule has 2 aromatic heterocycles. The molecular formula is C106H144N8O16. The fraction of sp³-hybridized carbons (Fsp3) is 0.443. The number of nitrogens with zero attached hydrogens (tertiary/aromatic N) is 2. The highest BCUT2D eigenvalue weighted by molar-refractivity contribution is 6.23. The van der Waals surface area contributed by atoms with E-state index in [2.05, 4.69) is 198 Å². The molecule has 0 spiro atoms. The Morgan fingerprint density at radius 2 is 0.762 bits per heavy atom. The molecule has 2 aliphatic heterocycles. The maximum atomic E-state index is 12.6. The van der Waals surface area contributed by atoms with Gasteiger partial charge >= 0.3 is 29.9 Å². The van der Waals surface area contributed by atoms with Crippen LogP contribution in [0.5, 0.6) is 0 Å². The van der Waals surface area contributed by atoms with Gasteiger partial charge in [0.1, 0.15) is 12.3 Å². The summed E-state index contributed by atoms with van der Waals surface area (Å²) in [7, 11) is 0. The summed E-state index contributed by atoms with van der Waals surface area (Å²) in [6.45, 7) is 51.9. The standard InChI is InChI=1S/C19H18N2O3.C18H19N3O2.C17H21N3O5.C14H22.2C10H14.3C6H12O2/c1-3-11(2)12-4-6-13(7-5-12)17(22)20-14-8-9-15-16(10-14)19(24)21-18(15)23;1-4-18(2,3)17(23)19-12-8-9-14-13(11-12)16(22)21-10-6-5-7-15(21)20-14;1-4-17(2,3)15(23)25-8-7-18-16(24)19-10-5-6-11-12(9-10)14(22)20-13(11)21;1-6-11(2)12-7-9-13(10-8-12)14(3,4)5;2*1-3-9(2)10-7-5-4-6-8-10;3*1-4-6(2,3)5(7)8/h4-11H,3H2,1-2H3,(H,20,22)(H,21,23,24);5-11H,4H2,1-3H3,(H,19,23);5-6,9H,4,7-8H2,1-3H3,(H2,18,19,24)(H,20,21,22);7-11H,6H2,1-5H3;2*4-9H,3H2,1-2H3;3*4H2,1-3H3,(H,7,8). The Balaban J connectivity index is 0.000000391. The quantitative estimate of drug-likeness (QED) is 0.0111. The van der Waals surface area contributed by atoms with Gasteiger partial charge in [0.2, 0.25) is 5.91 Å². The molecule has 4 heterocycles. The van der Waals surface area contributed by atoms with Crippen LogP contribution in [0.2, 0.25) is 0 Å². The molecule has 9 aromatic rings. The van der Waals surface area contributed by atoms with Crippen LogP contribution in [0.4, 0.5) is 21.9 Å². The number of imide groups is 2. The summed E-state index contributed by atoms with van der Waals surface area (Å²) in [5.41, 5.74) is 8.83. The molecule has 130 heavy (non-hydrogen) atoms. The number of carboxylic acid groups (broad SMARTS) is 3. The Labute approximate surface area is 770 Å². The second-order valence-electron chi connectivity index (χ2n) is 36.7. The highest BCUT2D eigenvalue weighted by Crippen LogP contribution is 2.30. The van der Waals surface area contributed by atoms with Crippen LogP contribution in [0.25, 0.3) is 16.6 Å². The zero-order chi connectivity index (χ0) is 98.4. The first-order chi connectivity index (χ1) is 60.8. The second kappa shape index (κ2) is 52.3. The number of rotatable bonds is 25. The number of aromatic nitrogens is 2. The van der Waals surface area contributed by atoms with Crippen LogP contribution in [0.15, 0.2) is 193 Å². The zero-order valence-corrected chi connectivity index (χ0v) is 81.5. The molecule has 24 nitrogen and oxygen atoms in total. The predicted molar refractivity (Wildman–Crippen MR) is 523 cm³/mol. The van der Waals surface area contributed by atoms with E-state index in [4.69, 9.17) is 20.1 Å². The lowest BCUT2D eigenvalue weighted by Crippen LogP contribution is -2.34. The minimum Gasteiger partial charge on any atom is -0.481 e. The van der Waals surface area contributed by atoms with Gasteiger partial charge in [-0.15, -0.1) is 0 Å². The fourth-order valence-electron chi connectivity index (χ4n) is 11.0. The molecule has 0 saturated carbocycles. The number of pyridine rings is 1. The van der Waals surface area contributed by atoms with E-state index in [9.17, 15) is 57.5 Å². The van der Waals surface area contributed by atoms with Crippen molar-refractivity contribution >= 4 is 99.0 Å². The van der Waals surface area contributed by atoms with E-state index in [1.807, 2.05) is 66.7 Å². The number of benzene rings is 7. The summed E-state index contributed by atoms with van der Waals surface area (Å²) in [6.07, 6.45) is 9.85. The monoisotopic (exact) mass is 1790 g/mol. The number of fused-ring (bicyclic) bond motifs is 4. The normalized spacial score (nSPS) is 12.8. The van der Waals surface area contributed by atoms with E-state index in [1.54, 1.807) is 110 Å². The molecule has 11 rings (SSSR count). The van der Waals surface area contributed by atoms with Crippen molar-refractivity contribution in [3.8, 4) is 0 Å². The van der Waals surface area contributed by atoms with Gasteiger partial charge < -0.3 is 41.3 Å². The highest BCUT2D eigenvalue weighted by atomic mass is 16.5. The van der Waals surface area contributed by atoms with Crippen molar-refractivity contribution < 1.29 is 72.8 Å². The van der Waals surface area contributed by atoms with Crippen molar-refractivity contribution in [1.82, 2.24) is 25.3 Å². The average molecular weight is 1790 g/mol. The van der Waals surface area contributed by atoms with Crippen molar-refractivity contribution in [3.05, 3.63) is 254 Å². The van der Waals surface area contributed by atoms with E-state index >= 15 is 0 Å². The molecule has 2 aliphatic rings. The largest absolute Gasteiger partial charge is 0.481 e. The fourth-order valence-corrected chi connectivity index (χ4v) is 11.0. The highest BCUT2D eigenvalue weighted by Gasteiger charge is 2.32. The van der Waals surface area contributed by atoms with Crippen LogP contribution in [-0.4, -0.2) is 103 Å². The van der Waals surface area contributed by atoms with E-state index in [1.165, 1.54) is 81.8 Å². The number of anilines is 3. The molecule has 0 saturated heterocycles. The van der Waals surface area contributed by atoms with E-state index in [0.717, 1.165) is 12.8 Å². The van der Waals surface area contributed by atoms with E-state index < -0.39 is 74.6 Å². The molecular weight excluding hydrogens is 1640 g/mol. The van der Waals surface area contributed by atoms with Gasteiger partial charge in [0.05, 0.1) is 61.4 Å². The lowest BCUT2D eigenvalue weighted by molar-refractivity contribution is -0.154. The van der Waals surface area contributed by atoms with Crippen LogP contribution in [0.3, 0.4) is 0 Å². The number of carbonyl (C=O) groups is 11. The van der Waals surface area contributed by atoms with Crippen molar-refractivity contribution in [2.45, 2.75) is 267 Å². The summed E-state index contributed by atoms with van der Waals surface area (Å²) in [5, 5.41) is 41.0. The number of esters is 1. The van der Waals surface area contributed by atoms with Crippen molar-refractivity contribution in [2.75, 3.05) is 29.1 Å². The predicted octanol–water partition coefficient (Wildman–Crippen LogP) is 23.6. The molecule has 7 aromatic carbocycles. The molecule has 4 unspecified atom stereocenters. The number of nitrogens with one attached hydrogen (secondary N) is 6. The number of amides is 8. The summed E-state index contributed by atoms with van der Waals surface area (Å²) >= 11 is 0. The van der Waals surface area contributed by atoms with Crippen LogP contribution in [0, 0.1) is 27.1 Å². The maximum Gasteiger partial charge on any atom is 0.319 e. The zero-order valence-electron chi connectivity index (χ0n) is 81.5. The third-order valence-electron chi connectivity index (χ3n) is 24.0. The first-order valence-electron chi connectivity index (χ1n) is 45.1. The second-order valence-corrected chi connectivity index (χ2v) is 36.7. The third-order valence-corrected chi connectivity index (χ3v) is 24.0. The lowest BCUT2D eigenvalue weighted by Gasteiger charge is -2.21. The third kappa shape index (κ3) is 35.2. The van der Waals surface area contributed by atoms with Gasteiger partial charge in [-0.05, 0) is 249 Å². The molecule has 704 valence electrons. The summed E-state index contributed by atoms with van der Waals surface area (Å²) in [5.74, 6) is -2.03. The summed E-state index contributed by atoms with van der Waals surface area (Å²) < 4.78 is 6.62. The van der Waals surface area contributed by atoms with Gasteiger partial charge in [0.15, 0.2) is 0 Å². The Morgan fingerprint density at radius 3 is 1.14 bits per heavy atom. The SMILES string of the molecule is CCC(C)(C)C(=O)Nc1ccc2nc3ccccn3c(=O)c2c1.CCC(C)(C)C(=O)O.CCC(C)(C)C(=O)O.CCC(C)(C)C(=O)O.CCC(C)(C)C(=O)OCCNC(=O)Nc1ccc2c(c1)C(=O)NC2=O.CCC(C)c1ccc(C(=O)Nc2ccc3c(c2)C(=O)NC3=O)cc1.CCC(C)c1ccc(C(C)(C)C)cc1.CCC(C)c1ccccc1.CCC(C)c1ccccc1. The van der Waals surface area contributed by atoms with Crippen molar-refractivity contribution in [3.63, 3.8) is 0 Å². The number of carboxylic acids is 3. The first kappa shape index (κ1) is 112. The molecule has 4 atom stereocenters. The molecule has 0 aliphatic carbocycles.